The van der Waals surface area contributed by atoms with E-state index in [1.807, 2.05) is 24.3 Å². The van der Waals surface area contributed by atoms with E-state index in [1.54, 1.807) is 12.2 Å². The van der Waals surface area contributed by atoms with E-state index in [1.165, 1.54) is 12.1 Å². The second kappa shape index (κ2) is 6.62. The molecule has 2 aromatic carbocycles. The summed E-state index contributed by atoms with van der Waals surface area (Å²) in [7, 11) is 0. The fourth-order valence-electron chi connectivity index (χ4n) is 1.76. The summed E-state index contributed by atoms with van der Waals surface area (Å²) in [5, 5.41) is 9.99. The minimum absolute atomic E-state index is 0.604. The van der Waals surface area contributed by atoms with Gasteiger partial charge in [-0.15, -0.1) is 0 Å². The molecule has 0 aromatic heterocycles. The summed E-state index contributed by atoms with van der Waals surface area (Å²) < 4.78 is 38.4. The lowest BCUT2D eigenvalue weighted by atomic mass is 10.1. The summed E-state index contributed by atoms with van der Waals surface area (Å²) in [4.78, 5) is 0. The topological polar surface area (TPSA) is 20.2 Å². The largest absolute Gasteiger partial charge is 0.416 e. The molecule has 0 heterocycles. The molecule has 0 saturated heterocycles. The molecule has 1 unspecified atom stereocenters. The molecule has 0 aliphatic rings. The molecule has 0 saturated carbocycles. The van der Waals surface area contributed by atoms with Crippen LogP contribution in [0, 0.1) is 3.57 Å². The first-order valence-corrected chi connectivity index (χ1v) is 7.23. The number of hydrogen-bond donors (Lipinski definition) is 1. The standard InChI is InChI=1S/C16H12F3IO/c17-16(18,19)13-6-1-11(2-7-13)3-10-15(21)12-4-8-14(20)9-5-12/h1-10,15,21H. The molecule has 21 heavy (non-hydrogen) atoms. The van der Waals surface area contributed by atoms with Gasteiger partial charge in [-0.05, 0) is 58.0 Å². The van der Waals surface area contributed by atoms with Gasteiger partial charge in [-0.25, -0.2) is 0 Å². The van der Waals surface area contributed by atoms with Crippen LogP contribution in [0.2, 0.25) is 0 Å². The molecule has 1 atom stereocenters. The highest BCUT2D eigenvalue weighted by molar-refractivity contribution is 14.1. The lowest BCUT2D eigenvalue weighted by molar-refractivity contribution is -0.137. The fourth-order valence-corrected chi connectivity index (χ4v) is 2.12. The number of rotatable bonds is 3. The van der Waals surface area contributed by atoms with Gasteiger partial charge in [-0.2, -0.15) is 13.2 Å². The van der Waals surface area contributed by atoms with Gasteiger partial charge in [0, 0.05) is 3.57 Å². The highest BCUT2D eigenvalue weighted by Gasteiger charge is 2.29. The molecule has 0 fully saturated rings. The van der Waals surface area contributed by atoms with Crippen molar-refractivity contribution >= 4 is 28.7 Å². The van der Waals surface area contributed by atoms with Crippen LogP contribution in [0.4, 0.5) is 13.2 Å². The third kappa shape index (κ3) is 4.57. The molecule has 5 heteroatoms. The molecule has 110 valence electrons. The second-order valence-corrected chi connectivity index (χ2v) is 5.72. The monoisotopic (exact) mass is 404 g/mol. The van der Waals surface area contributed by atoms with Gasteiger partial charge in [0.2, 0.25) is 0 Å². The fraction of sp³-hybridized carbons (Fsp3) is 0.125. The average Bonchev–Trinajstić information content (AvgIpc) is 2.45. The van der Waals surface area contributed by atoms with Crippen molar-refractivity contribution in [2.75, 3.05) is 0 Å². The van der Waals surface area contributed by atoms with Crippen LogP contribution in [0.15, 0.2) is 54.6 Å². The molecule has 0 amide bonds. The van der Waals surface area contributed by atoms with E-state index in [-0.39, 0.29) is 0 Å². The predicted octanol–water partition coefficient (Wildman–Crippen LogP) is 5.06. The van der Waals surface area contributed by atoms with E-state index in [4.69, 9.17) is 0 Å². The minimum atomic E-state index is -4.33. The summed E-state index contributed by atoms with van der Waals surface area (Å²) in [6, 6.07) is 12.2. The van der Waals surface area contributed by atoms with Crippen LogP contribution in [0.5, 0.6) is 0 Å². The number of benzene rings is 2. The van der Waals surface area contributed by atoms with Gasteiger partial charge in [0.1, 0.15) is 0 Å². The summed E-state index contributed by atoms with van der Waals surface area (Å²) in [5.41, 5.74) is 0.656. The maximum Gasteiger partial charge on any atom is 0.416 e. The summed E-state index contributed by atoms with van der Waals surface area (Å²) in [6.45, 7) is 0. The first kappa shape index (κ1) is 16.0. The third-order valence-corrected chi connectivity index (χ3v) is 3.64. The normalized spacial score (nSPS) is 13.6. The Kier molecular flexibility index (Phi) is 5.05. The molecular formula is C16H12F3IO. The third-order valence-electron chi connectivity index (χ3n) is 2.92. The van der Waals surface area contributed by atoms with E-state index >= 15 is 0 Å². The molecule has 0 spiro atoms. The van der Waals surface area contributed by atoms with Gasteiger partial charge in [-0.3, -0.25) is 0 Å². The SMILES string of the molecule is OC(C=Cc1ccc(C(F)(F)F)cc1)c1ccc(I)cc1. The average molecular weight is 404 g/mol. The zero-order valence-corrected chi connectivity index (χ0v) is 13.0. The number of alkyl halides is 3. The molecule has 2 aromatic rings. The van der Waals surface area contributed by atoms with Crippen LogP contribution in [0.1, 0.15) is 22.8 Å². The van der Waals surface area contributed by atoms with Gasteiger partial charge in [0.15, 0.2) is 0 Å². The lowest BCUT2D eigenvalue weighted by Gasteiger charge is -2.07. The van der Waals surface area contributed by atoms with Crippen LogP contribution in [-0.2, 0) is 6.18 Å². The minimum Gasteiger partial charge on any atom is -0.384 e. The van der Waals surface area contributed by atoms with Crippen molar-refractivity contribution in [3.05, 3.63) is 74.9 Å². The Labute approximate surface area is 134 Å². The van der Waals surface area contributed by atoms with Crippen LogP contribution in [-0.4, -0.2) is 5.11 Å². The number of halogens is 4. The van der Waals surface area contributed by atoms with Crippen LogP contribution in [0.3, 0.4) is 0 Å². The Hall–Kier alpha value is -1.34. The van der Waals surface area contributed by atoms with Gasteiger partial charge < -0.3 is 5.11 Å². The molecule has 2 rings (SSSR count). The van der Waals surface area contributed by atoms with E-state index in [0.717, 1.165) is 21.3 Å². The van der Waals surface area contributed by atoms with Crippen molar-refractivity contribution in [1.29, 1.82) is 0 Å². The Bertz CT molecular complexity index is 615. The van der Waals surface area contributed by atoms with Gasteiger partial charge >= 0.3 is 6.18 Å². The Balaban J connectivity index is 2.08. The van der Waals surface area contributed by atoms with E-state index in [2.05, 4.69) is 22.6 Å². The predicted molar refractivity (Wildman–Crippen MR) is 84.6 cm³/mol. The Morgan fingerprint density at radius 2 is 1.52 bits per heavy atom. The maximum absolute atomic E-state index is 12.4. The molecular weight excluding hydrogens is 392 g/mol. The van der Waals surface area contributed by atoms with Crippen molar-refractivity contribution in [2.45, 2.75) is 12.3 Å². The summed E-state index contributed by atoms with van der Waals surface area (Å²) in [6.07, 6.45) is -1.97. The maximum atomic E-state index is 12.4. The summed E-state index contributed by atoms with van der Waals surface area (Å²) in [5.74, 6) is 0. The van der Waals surface area contributed by atoms with Gasteiger partial charge in [-0.1, -0.05) is 36.4 Å². The number of aliphatic hydroxyl groups is 1. The zero-order chi connectivity index (χ0) is 15.5. The van der Waals surface area contributed by atoms with Crippen LogP contribution < -0.4 is 0 Å². The van der Waals surface area contributed by atoms with Crippen LogP contribution >= 0.6 is 22.6 Å². The van der Waals surface area contributed by atoms with E-state index in [0.29, 0.717) is 5.56 Å². The van der Waals surface area contributed by atoms with Crippen molar-refractivity contribution in [2.24, 2.45) is 0 Å². The molecule has 1 N–H and O–H groups in total. The van der Waals surface area contributed by atoms with Crippen molar-refractivity contribution in [1.82, 2.24) is 0 Å². The summed E-state index contributed by atoms with van der Waals surface area (Å²) >= 11 is 2.17. The van der Waals surface area contributed by atoms with E-state index < -0.39 is 17.8 Å². The van der Waals surface area contributed by atoms with E-state index in [9.17, 15) is 18.3 Å². The van der Waals surface area contributed by atoms with Crippen LogP contribution in [0.25, 0.3) is 6.08 Å². The Morgan fingerprint density at radius 1 is 0.952 bits per heavy atom. The molecule has 0 radical (unpaired) electrons. The first-order valence-electron chi connectivity index (χ1n) is 6.15. The molecule has 0 aliphatic heterocycles. The second-order valence-electron chi connectivity index (χ2n) is 4.48. The highest BCUT2D eigenvalue weighted by atomic mass is 127. The Morgan fingerprint density at radius 3 is 2.05 bits per heavy atom. The molecule has 0 aliphatic carbocycles. The van der Waals surface area contributed by atoms with Gasteiger partial charge in [0.05, 0.1) is 11.7 Å². The lowest BCUT2D eigenvalue weighted by Crippen LogP contribution is -2.03. The van der Waals surface area contributed by atoms with Crippen molar-refractivity contribution in [3.63, 3.8) is 0 Å². The number of aliphatic hydroxyl groups excluding tert-OH is 1. The molecule has 0 bridgehead atoms. The smallest absolute Gasteiger partial charge is 0.384 e. The quantitative estimate of drug-likeness (QED) is 0.710. The van der Waals surface area contributed by atoms with Gasteiger partial charge in [0.25, 0.3) is 0 Å². The van der Waals surface area contributed by atoms with Crippen molar-refractivity contribution in [3.8, 4) is 0 Å². The van der Waals surface area contributed by atoms with Crippen molar-refractivity contribution < 1.29 is 18.3 Å². The first-order chi connectivity index (χ1) is 9.86. The zero-order valence-electron chi connectivity index (χ0n) is 10.8. The number of hydrogen-bond acceptors (Lipinski definition) is 1. The highest BCUT2D eigenvalue weighted by Crippen LogP contribution is 2.29. The molecule has 1 nitrogen and oxygen atoms in total.